The van der Waals surface area contributed by atoms with Gasteiger partial charge in [0.25, 0.3) is 10.1 Å². The molecule has 0 aliphatic rings. The average molecular weight is 411 g/mol. The summed E-state index contributed by atoms with van der Waals surface area (Å²) in [7, 11) is -4.28. The van der Waals surface area contributed by atoms with E-state index in [0.717, 1.165) is 16.7 Å². The topological polar surface area (TPSA) is 63.6 Å². The van der Waals surface area contributed by atoms with E-state index in [1.807, 2.05) is 91.0 Å². The number of rotatable bonds is 10. The molecule has 1 N–H and O–H groups in total. The van der Waals surface area contributed by atoms with Crippen LogP contribution in [0.1, 0.15) is 16.7 Å². The summed E-state index contributed by atoms with van der Waals surface area (Å²) in [6.07, 6.45) is 1.07. The van der Waals surface area contributed by atoms with Gasteiger partial charge in [0, 0.05) is 0 Å². The van der Waals surface area contributed by atoms with E-state index in [1.165, 1.54) is 0 Å². The third-order valence-corrected chi connectivity index (χ3v) is 6.27. The first-order valence-corrected chi connectivity index (χ1v) is 11.2. The van der Waals surface area contributed by atoms with Crippen molar-refractivity contribution in [3.8, 4) is 0 Å². The number of ether oxygens (including phenoxy) is 1. The Bertz CT molecular complexity index is 916. The molecule has 4 nitrogen and oxygen atoms in total. The zero-order valence-electron chi connectivity index (χ0n) is 16.2. The highest BCUT2D eigenvalue weighted by molar-refractivity contribution is 7.86. The van der Waals surface area contributed by atoms with Crippen LogP contribution in [-0.2, 0) is 34.3 Å². The summed E-state index contributed by atoms with van der Waals surface area (Å²) in [6.45, 7) is 0.244. The van der Waals surface area contributed by atoms with Gasteiger partial charge in [-0.25, -0.2) is 0 Å². The van der Waals surface area contributed by atoms with Crippen molar-refractivity contribution in [2.75, 3.05) is 6.61 Å². The molecule has 3 rings (SSSR count). The number of hydrogen-bond acceptors (Lipinski definition) is 3. The van der Waals surface area contributed by atoms with E-state index in [2.05, 4.69) is 0 Å². The molecule has 0 spiro atoms. The van der Waals surface area contributed by atoms with Crippen LogP contribution in [0.5, 0.6) is 0 Å². The molecule has 0 aliphatic heterocycles. The van der Waals surface area contributed by atoms with Crippen LogP contribution in [0.4, 0.5) is 0 Å². The Morgan fingerprint density at radius 3 is 1.52 bits per heavy atom. The van der Waals surface area contributed by atoms with Crippen LogP contribution in [0.15, 0.2) is 91.0 Å². The molecule has 0 saturated carbocycles. The monoisotopic (exact) mass is 410 g/mol. The van der Waals surface area contributed by atoms with Gasteiger partial charge in [-0.15, -0.1) is 0 Å². The Morgan fingerprint density at radius 2 is 1.10 bits per heavy atom. The van der Waals surface area contributed by atoms with Crippen molar-refractivity contribution >= 4 is 10.1 Å². The predicted octanol–water partition coefficient (Wildman–Crippen LogP) is 4.56. The lowest BCUT2D eigenvalue weighted by atomic mass is 9.90. The molecular weight excluding hydrogens is 384 g/mol. The van der Waals surface area contributed by atoms with Crippen LogP contribution in [0.25, 0.3) is 0 Å². The molecule has 5 heteroatoms. The van der Waals surface area contributed by atoms with Crippen LogP contribution in [-0.4, -0.2) is 24.8 Å². The molecule has 0 fully saturated rings. The summed E-state index contributed by atoms with van der Waals surface area (Å²) in [5, 5.41) is -1.01. The second-order valence-corrected chi connectivity index (χ2v) is 8.83. The molecule has 0 radical (unpaired) electrons. The first-order valence-electron chi connectivity index (χ1n) is 9.68. The second-order valence-electron chi connectivity index (χ2n) is 7.19. The Balaban J connectivity index is 1.79. The molecule has 29 heavy (non-hydrogen) atoms. The summed E-state index contributed by atoms with van der Waals surface area (Å²) in [5.74, 6) is -0.314. The molecule has 3 aromatic carbocycles. The van der Waals surface area contributed by atoms with Crippen molar-refractivity contribution < 1.29 is 17.7 Å². The minimum absolute atomic E-state index is 0.0575. The smallest absolute Gasteiger partial charge is 0.270 e. The minimum atomic E-state index is -4.28. The summed E-state index contributed by atoms with van der Waals surface area (Å²) in [6, 6.07) is 29.1. The van der Waals surface area contributed by atoms with Crippen LogP contribution >= 0.6 is 0 Å². The zero-order chi connectivity index (χ0) is 20.5. The molecule has 152 valence electrons. The maximum Gasteiger partial charge on any atom is 0.270 e. The van der Waals surface area contributed by atoms with Crippen molar-refractivity contribution in [1.29, 1.82) is 0 Å². The van der Waals surface area contributed by atoms with Gasteiger partial charge in [-0.1, -0.05) is 91.0 Å². The summed E-state index contributed by atoms with van der Waals surface area (Å²) in [4.78, 5) is 0. The third-order valence-electron chi connectivity index (χ3n) is 4.98. The molecular formula is C24H26O4S. The Hall–Kier alpha value is -2.47. The number of hydrogen-bond donors (Lipinski definition) is 1. The van der Waals surface area contributed by atoms with Gasteiger partial charge < -0.3 is 4.74 Å². The SMILES string of the molecule is O=S(=O)(O)C(COCc1ccccc1)C(Cc1ccccc1)Cc1ccccc1. The van der Waals surface area contributed by atoms with Crippen LogP contribution in [0, 0.1) is 5.92 Å². The zero-order valence-corrected chi connectivity index (χ0v) is 17.0. The second kappa shape index (κ2) is 10.3. The van der Waals surface area contributed by atoms with Gasteiger partial charge >= 0.3 is 0 Å². The maximum absolute atomic E-state index is 12.3. The van der Waals surface area contributed by atoms with E-state index < -0.39 is 15.4 Å². The van der Waals surface area contributed by atoms with Crippen molar-refractivity contribution in [1.82, 2.24) is 0 Å². The standard InChI is InChI=1S/C24H26O4S/c25-29(26,27)24(19-28-18-22-14-8-3-9-15-22)23(16-20-10-4-1-5-11-20)17-21-12-6-2-7-13-21/h1-15,23-24H,16-19H2,(H,25,26,27). The molecule has 0 heterocycles. The summed E-state index contributed by atoms with van der Waals surface area (Å²) < 4.78 is 40.3. The molecule has 0 bridgehead atoms. The first kappa shape index (κ1) is 21.2. The molecule has 1 atom stereocenters. The van der Waals surface area contributed by atoms with E-state index in [9.17, 15) is 13.0 Å². The third kappa shape index (κ3) is 6.82. The Morgan fingerprint density at radius 1 is 0.690 bits per heavy atom. The normalized spacial score (nSPS) is 12.8. The fraction of sp³-hybridized carbons (Fsp3) is 0.250. The van der Waals surface area contributed by atoms with E-state index in [-0.39, 0.29) is 12.5 Å². The van der Waals surface area contributed by atoms with Crippen molar-refractivity contribution in [2.24, 2.45) is 5.92 Å². The van der Waals surface area contributed by atoms with Crippen molar-refractivity contribution in [3.05, 3.63) is 108 Å². The van der Waals surface area contributed by atoms with Gasteiger partial charge in [-0.05, 0) is 35.4 Å². The van der Waals surface area contributed by atoms with Gasteiger partial charge in [0.2, 0.25) is 0 Å². The van der Waals surface area contributed by atoms with E-state index in [0.29, 0.717) is 19.4 Å². The highest BCUT2D eigenvalue weighted by atomic mass is 32.2. The van der Waals surface area contributed by atoms with Gasteiger partial charge in [0.15, 0.2) is 0 Å². The molecule has 0 aliphatic carbocycles. The molecule has 3 aromatic rings. The largest absolute Gasteiger partial charge is 0.375 e. The lowest BCUT2D eigenvalue weighted by Gasteiger charge is -2.25. The average Bonchev–Trinajstić information content (AvgIpc) is 2.72. The quantitative estimate of drug-likeness (QED) is 0.498. The van der Waals surface area contributed by atoms with E-state index in [4.69, 9.17) is 4.74 Å². The predicted molar refractivity (Wildman–Crippen MR) is 115 cm³/mol. The molecule has 0 aromatic heterocycles. The fourth-order valence-corrected chi connectivity index (χ4v) is 4.45. The maximum atomic E-state index is 12.3. The molecule has 0 saturated heterocycles. The van der Waals surface area contributed by atoms with Crippen molar-refractivity contribution in [3.63, 3.8) is 0 Å². The van der Waals surface area contributed by atoms with Crippen LogP contribution in [0.2, 0.25) is 0 Å². The highest BCUT2D eigenvalue weighted by Gasteiger charge is 2.33. The lowest BCUT2D eigenvalue weighted by Crippen LogP contribution is -2.36. The van der Waals surface area contributed by atoms with Crippen LogP contribution < -0.4 is 0 Å². The fourth-order valence-electron chi connectivity index (χ4n) is 3.50. The molecule has 1 unspecified atom stereocenters. The Labute approximate surface area is 172 Å². The van der Waals surface area contributed by atoms with Gasteiger partial charge in [0.1, 0.15) is 5.25 Å². The lowest BCUT2D eigenvalue weighted by molar-refractivity contribution is 0.107. The van der Waals surface area contributed by atoms with E-state index >= 15 is 0 Å². The first-order chi connectivity index (χ1) is 14.0. The highest BCUT2D eigenvalue weighted by Crippen LogP contribution is 2.23. The van der Waals surface area contributed by atoms with E-state index in [1.54, 1.807) is 0 Å². The van der Waals surface area contributed by atoms with Gasteiger partial charge in [-0.3, -0.25) is 4.55 Å². The number of benzene rings is 3. The van der Waals surface area contributed by atoms with Crippen LogP contribution in [0.3, 0.4) is 0 Å². The Kier molecular flexibility index (Phi) is 7.58. The van der Waals surface area contributed by atoms with Gasteiger partial charge in [-0.2, -0.15) is 8.42 Å². The molecule has 0 amide bonds. The summed E-state index contributed by atoms with van der Waals surface area (Å²) >= 11 is 0. The van der Waals surface area contributed by atoms with Gasteiger partial charge in [0.05, 0.1) is 13.2 Å². The summed E-state index contributed by atoms with van der Waals surface area (Å²) in [5.41, 5.74) is 3.03. The van der Waals surface area contributed by atoms with Crippen molar-refractivity contribution in [2.45, 2.75) is 24.7 Å². The minimum Gasteiger partial charge on any atom is -0.375 e.